The predicted molar refractivity (Wildman–Crippen MR) is 112 cm³/mol. The third kappa shape index (κ3) is 4.46. The maximum atomic E-state index is 11.1. The number of fused-ring (bicyclic) bond motifs is 1. The van der Waals surface area contributed by atoms with E-state index in [1.807, 2.05) is 24.3 Å². The average molecular weight is 393 g/mol. The molecular formula is C24H27NO4. The van der Waals surface area contributed by atoms with Crippen LogP contribution in [-0.2, 0) is 17.8 Å². The topological polar surface area (TPSA) is 85.7 Å². The van der Waals surface area contributed by atoms with Gasteiger partial charge in [-0.25, -0.2) is 0 Å². The Hall–Kier alpha value is -2.79. The van der Waals surface area contributed by atoms with Gasteiger partial charge in [-0.15, -0.1) is 0 Å². The quantitative estimate of drug-likeness (QED) is 0.598. The molecule has 0 amide bonds. The zero-order valence-corrected chi connectivity index (χ0v) is 16.5. The second-order valence-electron chi connectivity index (χ2n) is 7.96. The summed E-state index contributed by atoms with van der Waals surface area (Å²) in [5.41, 5.74) is 9.89. The van der Waals surface area contributed by atoms with E-state index in [4.69, 9.17) is 20.0 Å². The van der Waals surface area contributed by atoms with Crippen LogP contribution in [0.5, 0.6) is 5.75 Å². The standard InChI is InChI=1S/C24H27NO4/c25-14-16-4-3-6-18(10-16)21-12-17(11-20-8-9-28-24(20)21)15-29-22-7-2-1-5-19(22)13-23(26)27/h1-2,5,7-9,11-12,16,18H,3-4,6,10,13-15,25H2,(H,26,27). The Morgan fingerprint density at radius 1 is 1.21 bits per heavy atom. The summed E-state index contributed by atoms with van der Waals surface area (Å²) in [4.78, 5) is 11.1. The number of carbonyl (C=O) groups is 1. The minimum absolute atomic E-state index is 0.0509. The summed E-state index contributed by atoms with van der Waals surface area (Å²) < 4.78 is 11.8. The van der Waals surface area contributed by atoms with Gasteiger partial charge in [0, 0.05) is 10.9 Å². The van der Waals surface area contributed by atoms with Gasteiger partial charge in [-0.05, 0) is 73.0 Å². The van der Waals surface area contributed by atoms with Crippen LogP contribution in [0.25, 0.3) is 11.0 Å². The second kappa shape index (κ2) is 8.70. The minimum Gasteiger partial charge on any atom is -0.489 e. The van der Waals surface area contributed by atoms with Crippen molar-refractivity contribution in [1.29, 1.82) is 0 Å². The molecule has 0 spiro atoms. The van der Waals surface area contributed by atoms with Crippen molar-refractivity contribution in [3.05, 3.63) is 65.4 Å². The number of hydrogen-bond donors (Lipinski definition) is 2. The Kier molecular flexibility index (Phi) is 5.86. The summed E-state index contributed by atoms with van der Waals surface area (Å²) in [5.74, 6) is 0.770. The molecule has 2 atom stereocenters. The molecular weight excluding hydrogens is 366 g/mol. The molecule has 0 bridgehead atoms. The lowest BCUT2D eigenvalue weighted by molar-refractivity contribution is -0.136. The summed E-state index contributed by atoms with van der Waals surface area (Å²) in [5, 5.41) is 10.2. The molecule has 1 aromatic heterocycles. The summed E-state index contributed by atoms with van der Waals surface area (Å²) >= 11 is 0. The molecule has 2 unspecified atom stereocenters. The van der Waals surface area contributed by atoms with Crippen LogP contribution in [0.2, 0.25) is 0 Å². The monoisotopic (exact) mass is 393 g/mol. The molecule has 3 aromatic rings. The lowest BCUT2D eigenvalue weighted by Gasteiger charge is -2.29. The number of carboxylic acid groups (broad SMARTS) is 1. The lowest BCUT2D eigenvalue weighted by atomic mass is 9.77. The van der Waals surface area contributed by atoms with Crippen LogP contribution >= 0.6 is 0 Å². The number of benzene rings is 2. The molecule has 4 rings (SSSR count). The maximum absolute atomic E-state index is 11.1. The van der Waals surface area contributed by atoms with Gasteiger partial charge < -0.3 is 20.0 Å². The first-order valence-electron chi connectivity index (χ1n) is 10.3. The number of rotatable bonds is 7. The normalized spacial score (nSPS) is 19.3. The molecule has 1 aliphatic carbocycles. The third-order valence-corrected chi connectivity index (χ3v) is 5.90. The Morgan fingerprint density at radius 2 is 2.07 bits per heavy atom. The molecule has 0 aliphatic heterocycles. The first-order chi connectivity index (χ1) is 14.1. The minimum atomic E-state index is -0.866. The zero-order chi connectivity index (χ0) is 20.2. The fraction of sp³-hybridized carbons (Fsp3) is 0.375. The predicted octanol–water partition coefficient (Wildman–Crippen LogP) is 4.87. The van der Waals surface area contributed by atoms with E-state index in [1.165, 1.54) is 18.4 Å². The smallest absolute Gasteiger partial charge is 0.307 e. The highest BCUT2D eigenvalue weighted by Gasteiger charge is 2.25. The number of carboxylic acids is 1. The largest absolute Gasteiger partial charge is 0.489 e. The van der Waals surface area contributed by atoms with Crippen molar-refractivity contribution >= 4 is 16.9 Å². The number of nitrogens with two attached hydrogens (primary N) is 1. The fourth-order valence-corrected chi connectivity index (χ4v) is 4.46. The van der Waals surface area contributed by atoms with E-state index < -0.39 is 5.97 Å². The van der Waals surface area contributed by atoms with E-state index in [0.29, 0.717) is 29.8 Å². The highest BCUT2D eigenvalue weighted by atomic mass is 16.5. The summed E-state index contributed by atoms with van der Waals surface area (Å²) in [7, 11) is 0. The van der Waals surface area contributed by atoms with Gasteiger partial charge in [0.05, 0.1) is 12.7 Å². The van der Waals surface area contributed by atoms with Crippen molar-refractivity contribution in [3.63, 3.8) is 0 Å². The summed E-state index contributed by atoms with van der Waals surface area (Å²) in [6.07, 6.45) is 6.33. The molecule has 29 heavy (non-hydrogen) atoms. The Balaban J connectivity index is 1.58. The van der Waals surface area contributed by atoms with Crippen LogP contribution in [0.4, 0.5) is 0 Å². The Labute approximate surface area is 170 Å². The van der Waals surface area contributed by atoms with E-state index in [-0.39, 0.29) is 6.42 Å². The van der Waals surface area contributed by atoms with Crippen molar-refractivity contribution in [2.75, 3.05) is 6.54 Å². The number of hydrogen-bond acceptors (Lipinski definition) is 4. The van der Waals surface area contributed by atoms with Gasteiger partial charge in [-0.1, -0.05) is 24.6 Å². The van der Waals surface area contributed by atoms with E-state index in [0.717, 1.165) is 35.9 Å². The molecule has 0 radical (unpaired) electrons. The molecule has 5 nitrogen and oxygen atoms in total. The van der Waals surface area contributed by atoms with Gasteiger partial charge >= 0.3 is 5.97 Å². The van der Waals surface area contributed by atoms with Gasteiger partial charge in [0.1, 0.15) is 17.9 Å². The second-order valence-corrected chi connectivity index (χ2v) is 7.96. The van der Waals surface area contributed by atoms with Crippen molar-refractivity contribution < 1.29 is 19.1 Å². The highest BCUT2D eigenvalue weighted by molar-refractivity contribution is 5.82. The highest BCUT2D eigenvalue weighted by Crippen LogP contribution is 2.39. The lowest BCUT2D eigenvalue weighted by Crippen LogP contribution is -2.21. The molecule has 0 saturated heterocycles. The summed E-state index contributed by atoms with van der Waals surface area (Å²) in [6, 6.07) is 13.6. The molecule has 3 N–H and O–H groups in total. The van der Waals surface area contributed by atoms with Crippen LogP contribution in [-0.4, -0.2) is 17.6 Å². The van der Waals surface area contributed by atoms with E-state index >= 15 is 0 Å². The molecule has 1 saturated carbocycles. The number of aliphatic carboxylic acids is 1. The van der Waals surface area contributed by atoms with Crippen molar-refractivity contribution in [2.24, 2.45) is 11.7 Å². The first kappa shape index (κ1) is 19.5. The van der Waals surface area contributed by atoms with Gasteiger partial charge in [0.15, 0.2) is 0 Å². The van der Waals surface area contributed by atoms with Crippen LogP contribution in [0.1, 0.15) is 48.3 Å². The number of furan rings is 1. The summed E-state index contributed by atoms with van der Waals surface area (Å²) in [6.45, 7) is 1.12. The molecule has 152 valence electrons. The molecule has 2 aromatic carbocycles. The SMILES string of the molecule is NCC1CCCC(c2cc(COc3ccccc3CC(=O)O)cc3ccoc23)C1. The fourth-order valence-electron chi connectivity index (χ4n) is 4.46. The van der Waals surface area contributed by atoms with Crippen molar-refractivity contribution in [2.45, 2.75) is 44.6 Å². The van der Waals surface area contributed by atoms with E-state index in [2.05, 4.69) is 12.1 Å². The van der Waals surface area contributed by atoms with Crippen LogP contribution < -0.4 is 10.5 Å². The zero-order valence-electron chi connectivity index (χ0n) is 16.5. The Morgan fingerprint density at radius 3 is 2.90 bits per heavy atom. The number of ether oxygens (including phenoxy) is 1. The number of para-hydroxylation sites is 1. The van der Waals surface area contributed by atoms with Crippen LogP contribution in [0.15, 0.2) is 53.1 Å². The third-order valence-electron chi connectivity index (χ3n) is 5.90. The van der Waals surface area contributed by atoms with Crippen LogP contribution in [0, 0.1) is 5.92 Å². The molecule has 5 heteroatoms. The molecule has 1 heterocycles. The maximum Gasteiger partial charge on any atom is 0.307 e. The van der Waals surface area contributed by atoms with Gasteiger partial charge in [-0.2, -0.15) is 0 Å². The average Bonchev–Trinajstić information content (AvgIpc) is 3.21. The van der Waals surface area contributed by atoms with Gasteiger partial charge in [0.2, 0.25) is 0 Å². The van der Waals surface area contributed by atoms with Gasteiger partial charge in [-0.3, -0.25) is 4.79 Å². The van der Waals surface area contributed by atoms with Crippen LogP contribution in [0.3, 0.4) is 0 Å². The van der Waals surface area contributed by atoms with Gasteiger partial charge in [0.25, 0.3) is 0 Å². The molecule has 1 fully saturated rings. The van der Waals surface area contributed by atoms with E-state index in [9.17, 15) is 4.79 Å². The van der Waals surface area contributed by atoms with Crippen molar-refractivity contribution in [1.82, 2.24) is 0 Å². The first-order valence-corrected chi connectivity index (χ1v) is 10.3. The Bertz CT molecular complexity index is 993. The van der Waals surface area contributed by atoms with Crippen molar-refractivity contribution in [3.8, 4) is 5.75 Å². The van der Waals surface area contributed by atoms with E-state index in [1.54, 1.807) is 12.3 Å². The molecule has 1 aliphatic rings.